The molecular weight excluding hydrogens is 740 g/mol. The Hall–Kier alpha value is -5.31. The van der Waals surface area contributed by atoms with Gasteiger partial charge in [0.1, 0.15) is 5.75 Å². The molecule has 22 heteroatoms. The fourth-order valence-electron chi connectivity index (χ4n) is 4.48. The smallest absolute Gasteiger partial charge is 0.520 e. The highest BCUT2D eigenvalue weighted by atomic mass is 19.2. The lowest BCUT2D eigenvalue weighted by Crippen LogP contribution is -2.47. The molecule has 0 radical (unpaired) electrons. The van der Waals surface area contributed by atoms with E-state index in [-0.39, 0.29) is 12.1 Å². The summed E-state index contributed by atoms with van der Waals surface area (Å²) in [6.07, 6.45) is 0. The molecular formula is C28H2BF19O2. The second-order valence-corrected chi connectivity index (χ2v) is 9.51. The van der Waals surface area contributed by atoms with Crippen LogP contribution in [0.5, 0.6) is 11.5 Å². The van der Waals surface area contributed by atoms with Crippen LogP contribution in [-0.4, -0.2) is 7.12 Å². The maximum absolute atomic E-state index is 15.4. The largest absolute Gasteiger partial charge is 0.636 e. The molecule has 0 saturated heterocycles. The van der Waals surface area contributed by atoms with E-state index in [1.807, 2.05) is 0 Å². The van der Waals surface area contributed by atoms with E-state index < -0.39 is 157 Å². The molecule has 5 aromatic rings. The fourth-order valence-corrected chi connectivity index (χ4v) is 4.48. The third kappa shape index (κ3) is 5.18. The minimum absolute atomic E-state index is 0.0194. The van der Waals surface area contributed by atoms with Crippen LogP contribution >= 0.6 is 0 Å². The SMILES string of the molecule is Fc1ccc(OB(Oc2c(F)c(F)c(F)c(F)c2-c2c(F)c(F)c(F)c(F)c2F)c2c(F)c(F)c(F)c3c(F)c(F)c(F)c(F)c23)c(F)c1F. The molecule has 0 N–H and O–H groups in total. The molecule has 2 nitrogen and oxygen atoms in total. The van der Waals surface area contributed by atoms with Crippen molar-refractivity contribution in [1.82, 2.24) is 0 Å². The standard InChI is InChI=1S/C28H2BF19O2/c30-3-1-2-4(11(32)10(3)31)49-29(9-5-6(13(34)19(40)18(9)39)14(35)21(42)20(41)12(5)33)50-28-8(17(38)24(45)26(47)27(28)48)7-15(36)22(43)25(46)23(44)16(7)37/h1-2H. The number of hydrogen-bond acceptors (Lipinski definition) is 2. The lowest BCUT2D eigenvalue weighted by Gasteiger charge is -2.23. The summed E-state index contributed by atoms with van der Waals surface area (Å²) in [6.45, 7) is 0. The van der Waals surface area contributed by atoms with Crippen molar-refractivity contribution < 1.29 is 92.7 Å². The first-order chi connectivity index (χ1) is 23.3. The van der Waals surface area contributed by atoms with Crippen molar-refractivity contribution in [3.63, 3.8) is 0 Å². The van der Waals surface area contributed by atoms with Gasteiger partial charge in [-0.3, -0.25) is 0 Å². The summed E-state index contributed by atoms with van der Waals surface area (Å²) in [5.74, 6) is -60.0. The van der Waals surface area contributed by atoms with Crippen molar-refractivity contribution in [2.24, 2.45) is 0 Å². The molecule has 5 rings (SSSR count). The number of benzene rings is 5. The lowest BCUT2D eigenvalue weighted by atomic mass is 9.74. The number of rotatable bonds is 6. The van der Waals surface area contributed by atoms with E-state index in [9.17, 15) is 65.9 Å². The average Bonchev–Trinajstić information content (AvgIpc) is 3.09. The number of halogens is 19. The Morgan fingerprint density at radius 1 is 0.320 bits per heavy atom. The van der Waals surface area contributed by atoms with E-state index in [0.29, 0.717) is 0 Å². The molecule has 5 aromatic carbocycles. The Morgan fingerprint density at radius 3 is 1.24 bits per heavy atom. The molecule has 50 heavy (non-hydrogen) atoms. The first-order valence-corrected chi connectivity index (χ1v) is 12.4. The van der Waals surface area contributed by atoms with E-state index in [2.05, 4.69) is 9.31 Å². The van der Waals surface area contributed by atoms with E-state index in [0.717, 1.165) is 0 Å². The molecule has 0 amide bonds. The van der Waals surface area contributed by atoms with E-state index in [1.54, 1.807) is 0 Å². The van der Waals surface area contributed by atoms with Gasteiger partial charge in [-0.15, -0.1) is 0 Å². The lowest BCUT2D eigenvalue weighted by molar-refractivity contribution is 0.358. The van der Waals surface area contributed by atoms with Gasteiger partial charge in [0.15, 0.2) is 93.0 Å². The summed E-state index contributed by atoms with van der Waals surface area (Å²) >= 11 is 0. The maximum Gasteiger partial charge on any atom is 0.636 e. The summed E-state index contributed by atoms with van der Waals surface area (Å²) in [6, 6.07) is -0.0632. The first kappa shape index (κ1) is 36.0. The maximum atomic E-state index is 15.4. The minimum Gasteiger partial charge on any atom is -0.520 e. The van der Waals surface area contributed by atoms with Crippen LogP contribution in [0.15, 0.2) is 12.1 Å². The predicted octanol–water partition coefficient (Wildman–Crippen LogP) is 9.00. The molecule has 0 aromatic heterocycles. The molecule has 0 heterocycles. The highest BCUT2D eigenvalue weighted by Gasteiger charge is 2.43. The highest BCUT2D eigenvalue weighted by Crippen LogP contribution is 2.43. The Bertz CT molecular complexity index is 2260. The fraction of sp³-hybridized carbons (Fsp3) is 0. The number of fused-ring (bicyclic) bond motifs is 1. The normalized spacial score (nSPS) is 11.5. The van der Waals surface area contributed by atoms with Gasteiger partial charge in [0.25, 0.3) is 0 Å². The zero-order valence-electron chi connectivity index (χ0n) is 22.7. The van der Waals surface area contributed by atoms with E-state index in [1.165, 1.54) is 0 Å². The van der Waals surface area contributed by atoms with Crippen molar-refractivity contribution in [2.45, 2.75) is 0 Å². The molecule has 0 fully saturated rings. The Labute approximate surface area is 262 Å². The number of hydrogen-bond donors (Lipinski definition) is 0. The third-order valence-corrected chi connectivity index (χ3v) is 6.76. The average molecular weight is 742 g/mol. The summed E-state index contributed by atoms with van der Waals surface area (Å²) in [5.41, 5.74) is -7.87. The van der Waals surface area contributed by atoms with Crippen LogP contribution in [0.2, 0.25) is 0 Å². The van der Waals surface area contributed by atoms with Crippen molar-refractivity contribution >= 4 is 23.4 Å². The summed E-state index contributed by atoms with van der Waals surface area (Å²) in [4.78, 5) is 0. The third-order valence-electron chi connectivity index (χ3n) is 6.76. The van der Waals surface area contributed by atoms with Crippen LogP contribution in [0.25, 0.3) is 21.9 Å². The van der Waals surface area contributed by atoms with Gasteiger partial charge in [0.2, 0.25) is 23.3 Å². The van der Waals surface area contributed by atoms with Crippen molar-refractivity contribution in [3.8, 4) is 22.6 Å². The molecule has 0 spiro atoms. The second kappa shape index (κ2) is 12.5. The monoisotopic (exact) mass is 742 g/mol. The van der Waals surface area contributed by atoms with Crippen LogP contribution in [0, 0.1) is 111 Å². The molecule has 262 valence electrons. The van der Waals surface area contributed by atoms with Crippen LogP contribution in [0.4, 0.5) is 83.4 Å². The van der Waals surface area contributed by atoms with Crippen molar-refractivity contribution in [3.05, 3.63) is 123 Å². The second-order valence-electron chi connectivity index (χ2n) is 9.51. The topological polar surface area (TPSA) is 18.5 Å². The van der Waals surface area contributed by atoms with Crippen LogP contribution in [0.3, 0.4) is 0 Å². The molecule has 0 aliphatic heterocycles. The molecule has 0 aliphatic carbocycles. The van der Waals surface area contributed by atoms with Crippen molar-refractivity contribution in [1.29, 1.82) is 0 Å². The van der Waals surface area contributed by atoms with E-state index >= 15 is 17.6 Å². The van der Waals surface area contributed by atoms with Gasteiger partial charge in [-0.2, -0.15) is 8.78 Å². The zero-order valence-corrected chi connectivity index (χ0v) is 22.7. The summed E-state index contributed by atoms with van der Waals surface area (Å²) in [5, 5.41) is -4.79. The van der Waals surface area contributed by atoms with Gasteiger partial charge >= 0.3 is 7.12 Å². The first-order valence-electron chi connectivity index (χ1n) is 12.4. The minimum atomic E-state index is -3.90. The quantitative estimate of drug-likeness (QED) is 0.0749. The molecule has 0 unspecified atom stereocenters. The Morgan fingerprint density at radius 2 is 0.720 bits per heavy atom. The zero-order chi connectivity index (χ0) is 37.4. The van der Waals surface area contributed by atoms with Crippen molar-refractivity contribution in [2.75, 3.05) is 0 Å². The van der Waals surface area contributed by atoms with Gasteiger partial charge in [0.05, 0.1) is 22.0 Å². The molecule has 0 bridgehead atoms. The summed E-state index contributed by atoms with van der Waals surface area (Å²) in [7, 11) is -3.90. The van der Waals surface area contributed by atoms with Crippen LogP contribution < -0.4 is 14.8 Å². The van der Waals surface area contributed by atoms with Gasteiger partial charge < -0.3 is 9.31 Å². The van der Waals surface area contributed by atoms with Gasteiger partial charge in [-0.1, -0.05) is 0 Å². The van der Waals surface area contributed by atoms with Gasteiger partial charge in [0, 0.05) is 5.39 Å². The summed E-state index contributed by atoms with van der Waals surface area (Å²) < 4.78 is 284. The van der Waals surface area contributed by atoms with Crippen LogP contribution in [0.1, 0.15) is 0 Å². The van der Waals surface area contributed by atoms with Crippen LogP contribution in [-0.2, 0) is 0 Å². The Kier molecular flexibility index (Phi) is 9.03. The molecule has 0 aliphatic rings. The van der Waals surface area contributed by atoms with E-state index in [4.69, 9.17) is 0 Å². The molecule has 0 atom stereocenters. The predicted molar refractivity (Wildman–Crippen MR) is 128 cm³/mol. The van der Waals surface area contributed by atoms with Gasteiger partial charge in [-0.25, -0.2) is 74.6 Å². The molecule has 0 saturated carbocycles. The Balaban J connectivity index is 1.96. The van der Waals surface area contributed by atoms with Gasteiger partial charge in [-0.05, 0) is 12.1 Å². The highest BCUT2D eigenvalue weighted by molar-refractivity contribution is 6.66.